The third kappa shape index (κ3) is 2.93. The van der Waals surface area contributed by atoms with Crippen molar-refractivity contribution < 1.29 is 0 Å². The minimum atomic E-state index is 0.503. The number of nitrogens with one attached hydrogen (secondary N) is 1. The van der Waals surface area contributed by atoms with Gasteiger partial charge in [0.25, 0.3) is 0 Å². The van der Waals surface area contributed by atoms with E-state index in [9.17, 15) is 0 Å². The SMILES string of the molecule is CCCC1CN(c2ccccc2Cl)C(C)CN1. The second kappa shape index (κ2) is 5.74. The molecular weight excluding hydrogens is 232 g/mol. The molecule has 1 aromatic rings. The monoisotopic (exact) mass is 252 g/mol. The second-order valence-electron chi connectivity index (χ2n) is 4.85. The van der Waals surface area contributed by atoms with E-state index in [-0.39, 0.29) is 0 Å². The maximum absolute atomic E-state index is 6.29. The molecule has 0 saturated carbocycles. The van der Waals surface area contributed by atoms with Gasteiger partial charge in [-0.05, 0) is 25.5 Å². The molecule has 1 saturated heterocycles. The quantitative estimate of drug-likeness (QED) is 0.888. The summed E-state index contributed by atoms with van der Waals surface area (Å²) in [4.78, 5) is 2.43. The average Bonchev–Trinajstić information content (AvgIpc) is 2.33. The van der Waals surface area contributed by atoms with Gasteiger partial charge in [0.2, 0.25) is 0 Å². The van der Waals surface area contributed by atoms with Crippen LogP contribution in [0.1, 0.15) is 26.7 Å². The molecule has 2 rings (SSSR count). The highest BCUT2D eigenvalue weighted by molar-refractivity contribution is 6.33. The van der Waals surface area contributed by atoms with Gasteiger partial charge in [0.05, 0.1) is 10.7 Å². The zero-order valence-electron chi connectivity index (χ0n) is 10.6. The van der Waals surface area contributed by atoms with Crippen molar-refractivity contribution in [2.24, 2.45) is 0 Å². The summed E-state index contributed by atoms with van der Waals surface area (Å²) in [6.45, 7) is 6.58. The normalized spacial score (nSPS) is 25.0. The Hall–Kier alpha value is -0.730. The highest BCUT2D eigenvalue weighted by Crippen LogP contribution is 2.28. The first-order chi connectivity index (χ1) is 8.22. The van der Waals surface area contributed by atoms with E-state index in [0.29, 0.717) is 12.1 Å². The van der Waals surface area contributed by atoms with Crippen molar-refractivity contribution in [1.29, 1.82) is 0 Å². The van der Waals surface area contributed by atoms with Gasteiger partial charge in [-0.15, -0.1) is 0 Å². The number of halogens is 1. The third-order valence-electron chi connectivity index (χ3n) is 3.45. The van der Waals surface area contributed by atoms with Gasteiger partial charge < -0.3 is 10.2 Å². The molecule has 0 bridgehead atoms. The number of hydrogen-bond acceptors (Lipinski definition) is 2. The molecule has 3 heteroatoms. The summed E-state index contributed by atoms with van der Waals surface area (Å²) in [5.41, 5.74) is 1.17. The van der Waals surface area contributed by atoms with Crippen LogP contribution in [0.4, 0.5) is 5.69 Å². The smallest absolute Gasteiger partial charge is 0.0639 e. The van der Waals surface area contributed by atoms with Crippen molar-refractivity contribution in [2.75, 3.05) is 18.0 Å². The Morgan fingerprint density at radius 1 is 1.41 bits per heavy atom. The lowest BCUT2D eigenvalue weighted by Gasteiger charge is -2.40. The van der Waals surface area contributed by atoms with Crippen molar-refractivity contribution in [3.63, 3.8) is 0 Å². The fraction of sp³-hybridized carbons (Fsp3) is 0.571. The molecule has 2 unspecified atom stereocenters. The van der Waals surface area contributed by atoms with Crippen LogP contribution in [-0.4, -0.2) is 25.2 Å². The van der Waals surface area contributed by atoms with Gasteiger partial charge in [0.15, 0.2) is 0 Å². The van der Waals surface area contributed by atoms with Gasteiger partial charge in [-0.1, -0.05) is 37.1 Å². The van der Waals surface area contributed by atoms with Crippen molar-refractivity contribution in [3.8, 4) is 0 Å². The molecule has 1 N–H and O–H groups in total. The van der Waals surface area contributed by atoms with Crippen LogP contribution in [0.2, 0.25) is 5.02 Å². The lowest BCUT2D eigenvalue weighted by molar-refractivity contribution is 0.386. The third-order valence-corrected chi connectivity index (χ3v) is 3.77. The minimum Gasteiger partial charge on any atom is -0.365 e. The van der Waals surface area contributed by atoms with Gasteiger partial charge in [0, 0.05) is 25.2 Å². The maximum atomic E-state index is 6.29. The second-order valence-corrected chi connectivity index (χ2v) is 5.25. The number of benzene rings is 1. The van der Waals surface area contributed by atoms with Crippen LogP contribution in [0, 0.1) is 0 Å². The van der Waals surface area contributed by atoms with E-state index in [4.69, 9.17) is 11.6 Å². The van der Waals surface area contributed by atoms with Crippen LogP contribution in [-0.2, 0) is 0 Å². The summed E-state index contributed by atoms with van der Waals surface area (Å²) in [5, 5.41) is 4.46. The average molecular weight is 253 g/mol. The van der Waals surface area contributed by atoms with Crippen molar-refractivity contribution in [2.45, 2.75) is 38.8 Å². The number of anilines is 1. The first kappa shape index (κ1) is 12.7. The summed E-state index contributed by atoms with van der Waals surface area (Å²) < 4.78 is 0. The van der Waals surface area contributed by atoms with E-state index in [1.807, 2.05) is 12.1 Å². The maximum Gasteiger partial charge on any atom is 0.0639 e. The fourth-order valence-electron chi connectivity index (χ4n) is 2.49. The summed E-state index contributed by atoms with van der Waals surface area (Å²) >= 11 is 6.29. The molecule has 0 radical (unpaired) electrons. The van der Waals surface area contributed by atoms with E-state index in [1.165, 1.54) is 18.5 Å². The molecule has 2 nitrogen and oxygen atoms in total. The summed E-state index contributed by atoms with van der Waals surface area (Å²) in [7, 11) is 0. The zero-order chi connectivity index (χ0) is 12.3. The van der Waals surface area contributed by atoms with Crippen LogP contribution in [0.15, 0.2) is 24.3 Å². The standard InChI is InChI=1S/C14H21ClN2/c1-3-6-12-10-17(11(2)9-16-12)14-8-5-4-7-13(14)15/h4-5,7-8,11-12,16H,3,6,9-10H2,1-2H3. The predicted molar refractivity (Wildman–Crippen MR) is 75.0 cm³/mol. The van der Waals surface area contributed by atoms with E-state index in [0.717, 1.165) is 18.1 Å². The van der Waals surface area contributed by atoms with E-state index < -0.39 is 0 Å². The molecule has 2 atom stereocenters. The number of nitrogens with zero attached hydrogens (tertiary/aromatic N) is 1. The van der Waals surface area contributed by atoms with Crippen LogP contribution >= 0.6 is 11.6 Å². The van der Waals surface area contributed by atoms with Crippen LogP contribution < -0.4 is 10.2 Å². The van der Waals surface area contributed by atoms with Crippen molar-refractivity contribution >= 4 is 17.3 Å². The number of hydrogen-bond donors (Lipinski definition) is 1. The number of rotatable bonds is 3. The Morgan fingerprint density at radius 3 is 2.88 bits per heavy atom. The largest absolute Gasteiger partial charge is 0.365 e. The molecule has 0 aromatic heterocycles. The molecule has 0 amide bonds. The Morgan fingerprint density at radius 2 is 2.18 bits per heavy atom. The van der Waals surface area contributed by atoms with E-state index in [2.05, 4.69) is 36.2 Å². The van der Waals surface area contributed by atoms with Gasteiger partial charge in [-0.2, -0.15) is 0 Å². The van der Waals surface area contributed by atoms with Gasteiger partial charge in [0.1, 0.15) is 0 Å². The Bertz CT molecular complexity index is 367. The molecular formula is C14H21ClN2. The lowest BCUT2D eigenvalue weighted by atomic mass is 10.1. The zero-order valence-corrected chi connectivity index (χ0v) is 11.4. The van der Waals surface area contributed by atoms with Crippen LogP contribution in [0.3, 0.4) is 0 Å². The molecule has 1 heterocycles. The van der Waals surface area contributed by atoms with Crippen molar-refractivity contribution in [3.05, 3.63) is 29.3 Å². The number of para-hydroxylation sites is 1. The van der Waals surface area contributed by atoms with Crippen LogP contribution in [0.5, 0.6) is 0 Å². The molecule has 17 heavy (non-hydrogen) atoms. The molecule has 1 aliphatic heterocycles. The molecule has 1 aromatic carbocycles. The van der Waals surface area contributed by atoms with Crippen molar-refractivity contribution in [1.82, 2.24) is 5.32 Å². The molecule has 0 aliphatic carbocycles. The predicted octanol–water partition coefficient (Wildman–Crippen LogP) is 3.31. The molecule has 1 fully saturated rings. The highest BCUT2D eigenvalue weighted by Gasteiger charge is 2.25. The Balaban J connectivity index is 2.15. The fourth-order valence-corrected chi connectivity index (χ4v) is 2.74. The van der Waals surface area contributed by atoms with Gasteiger partial charge >= 0.3 is 0 Å². The topological polar surface area (TPSA) is 15.3 Å². The molecule has 94 valence electrons. The highest BCUT2D eigenvalue weighted by atomic mass is 35.5. The summed E-state index contributed by atoms with van der Waals surface area (Å²) in [6.07, 6.45) is 2.45. The number of piperazine rings is 1. The summed E-state index contributed by atoms with van der Waals surface area (Å²) in [5.74, 6) is 0. The summed E-state index contributed by atoms with van der Waals surface area (Å²) in [6, 6.07) is 9.23. The van der Waals surface area contributed by atoms with Crippen LogP contribution in [0.25, 0.3) is 0 Å². The Kier molecular flexibility index (Phi) is 4.30. The Labute approximate surface area is 109 Å². The van der Waals surface area contributed by atoms with Gasteiger partial charge in [-0.3, -0.25) is 0 Å². The van der Waals surface area contributed by atoms with E-state index in [1.54, 1.807) is 0 Å². The van der Waals surface area contributed by atoms with Gasteiger partial charge in [-0.25, -0.2) is 0 Å². The first-order valence-electron chi connectivity index (χ1n) is 6.47. The lowest BCUT2D eigenvalue weighted by Crippen LogP contribution is -2.55. The van der Waals surface area contributed by atoms with E-state index >= 15 is 0 Å². The molecule has 1 aliphatic rings. The minimum absolute atomic E-state index is 0.503. The first-order valence-corrected chi connectivity index (χ1v) is 6.84. The molecule has 0 spiro atoms.